The third kappa shape index (κ3) is 2.70. The minimum absolute atomic E-state index is 0.689. The van der Waals surface area contributed by atoms with Crippen molar-refractivity contribution < 1.29 is 4.52 Å². The number of piperazine rings is 1. The summed E-state index contributed by atoms with van der Waals surface area (Å²) in [5.74, 6) is 1.15. The smallest absolute Gasteiger partial charge is 0.140 e. The highest BCUT2D eigenvalue weighted by Crippen LogP contribution is 2.27. The van der Waals surface area contributed by atoms with Gasteiger partial charge in [-0.3, -0.25) is 14.7 Å². The third-order valence-corrected chi connectivity index (χ3v) is 5.69. The van der Waals surface area contributed by atoms with Gasteiger partial charge in [-0.15, -0.1) is 0 Å². The largest absolute Gasteiger partial charge is 0.361 e. The monoisotopic (exact) mass is 304 g/mol. The molecule has 122 valence electrons. The summed E-state index contributed by atoms with van der Waals surface area (Å²) < 4.78 is 5.46. The molecule has 3 heterocycles. The molecule has 3 aliphatic rings. The molecule has 2 aliphatic heterocycles. The molecule has 2 saturated heterocycles. The Balaban J connectivity index is 1.25. The highest BCUT2D eigenvalue weighted by Gasteiger charge is 2.35. The third-order valence-electron chi connectivity index (χ3n) is 5.69. The summed E-state index contributed by atoms with van der Waals surface area (Å²) in [6.07, 6.45) is 3.50. The van der Waals surface area contributed by atoms with E-state index in [1.807, 2.05) is 0 Å². The Kier molecular flexibility index (Phi) is 3.96. The Morgan fingerprint density at radius 2 is 1.91 bits per heavy atom. The molecule has 5 heteroatoms. The van der Waals surface area contributed by atoms with Crippen molar-refractivity contribution in [2.24, 2.45) is 0 Å². The molecule has 0 bridgehead atoms. The molecule has 0 aromatic carbocycles. The van der Waals surface area contributed by atoms with E-state index in [1.54, 1.807) is 0 Å². The number of hydrogen-bond donors (Lipinski definition) is 0. The van der Waals surface area contributed by atoms with Crippen molar-refractivity contribution in [1.29, 1.82) is 0 Å². The van der Waals surface area contributed by atoms with Gasteiger partial charge in [0.25, 0.3) is 0 Å². The maximum atomic E-state index is 5.46. The molecule has 4 rings (SSSR count). The predicted octanol–water partition coefficient (Wildman–Crippen LogP) is 1.37. The first-order valence-electron chi connectivity index (χ1n) is 8.87. The van der Waals surface area contributed by atoms with Gasteiger partial charge in [0.05, 0.1) is 0 Å². The number of nitrogens with zero attached hydrogens (tertiary/aromatic N) is 4. The van der Waals surface area contributed by atoms with Crippen LogP contribution in [0.2, 0.25) is 0 Å². The van der Waals surface area contributed by atoms with E-state index >= 15 is 0 Å². The summed E-state index contributed by atoms with van der Waals surface area (Å²) in [5.41, 5.74) is 2.62. The lowest BCUT2D eigenvalue weighted by Crippen LogP contribution is -2.63. The average Bonchev–Trinajstić information content (AvgIpc) is 3.06. The molecule has 1 aromatic heterocycles. The van der Waals surface area contributed by atoms with E-state index in [1.165, 1.54) is 63.4 Å². The van der Waals surface area contributed by atoms with Gasteiger partial charge in [-0.05, 0) is 26.7 Å². The molecule has 5 nitrogen and oxygen atoms in total. The molecule has 0 N–H and O–H groups in total. The van der Waals surface area contributed by atoms with Crippen LogP contribution in [0.1, 0.15) is 37.3 Å². The summed E-state index contributed by atoms with van der Waals surface area (Å²) in [5, 5.41) is 4.29. The fraction of sp³-hybridized carbons (Fsp3) is 0.824. The van der Waals surface area contributed by atoms with Crippen LogP contribution in [0, 0.1) is 0 Å². The molecular formula is C17H28N4O. The van der Waals surface area contributed by atoms with Crippen molar-refractivity contribution in [3.63, 3.8) is 0 Å². The fourth-order valence-electron chi connectivity index (χ4n) is 4.14. The second kappa shape index (κ2) is 5.95. The van der Waals surface area contributed by atoms with E-state index < -0.39 is 0 Å². The van der Waals surface area contributed by atoms with E-state index in [4.69, 9.17) is 4.52 Å². The zero-order chi connectivity index (χ0) is 15.1. The number of rotatable bonds is 4. The quantitative estimate of drug-likeness (QED) is 0.840. The van der Waals surface area contributed by atoms with Crippen LogP contribution >= 0.6 is 0 Å². The molecule has 0 saturated carbocycles. The first-order valence-corrected chi connectivity index (χ1v) is 8.87. The van der Waals surface area contributed by atoms with Gasteiger partial charge < -0.3 is 4.52 Å². The Morgan fingerprint density at radius 3 is 2.64 bits per heavy atom. The Morgan fingerprint density at radius 1 is 1.14 bits per heavy atom. The van der Waals surface area contributed by atoms with E-state index in [0.29, 0.717) is 6.04 Å². The van der Waals surface area contributed by atoms with Crippen LogP contribution in [-0.4, -0.2) is 71.2 Å². The molecular weight excluding hydrogens is 276 g/mol. The van der Waals surface area contributed by atoms with Crippen molar-refractivity contribution in [2.45, 2.75) is 51.7 Å². The minimum atomic E-state index is 0.689. The number of fused-ring (bicyclic) bond motifs is 1. The molecule has 0 radical (unpaired) electrons. The van der Waals surface area contributed by atoms with Gasteiger partial charge in [0.15, 0.2) is 0 Å². The van der Waals surface area contributed by atoms with Gasteiger partial charge in [-0.1, -0.05) is 5.16 Å². The Hall–Kier alpha value is -0.910. The second-order valence-corrected chi connectivity index (χ2v) is 7.40. The summed E-state index contributed by atoms with van der Waals surface area (Å²) in [6.45, 7) is 12.9. The van der Waals surface area contributed by atoms with E-state index in [9.17, 15) is 0 Å². The Labute approximate surface area is 133 Å². The lowest BCUT2D eigenvalue weighted by Gasteiger charge is -2.48. The van der Waals surface area contributed by atoms with Crippen molar-refractivity contribution in [3.8, 4) is 0 Å². The first-order chi connectivity index (χ1) is 10.7. The van der Waals surface area contributed by atoms with Crippen molar-refractivity contribution >= 4 is 0 Å². The minimum Gasteiger partial charge on any atom is -0.361 e. The molecule has 0 atom stereocenters. The Bertz CT molecular complexity index is 513. The summed E-state index contributed by atoms with van der Waals surface area (Å²) in [7, 11) is 0. The zero-order valence-corrected chi connectivity index (χ0v) is 13.9. The fourth-order valence-corrected chi connectivity index (χ4v) is 4.14. The van der Waals surface area contributed by atoms with Gasteiger partial charge in [0.2, 0.25) is 0 Å². The molecule has 1 aliphatic carbocycles. The van der Waals surface area contributed by atoms with Gasteiger partial charge in [0.1, 0.15) is 11.5 Å². The lowest BCUT2D eigenvalue weighted by molar-refractivity contribution is -0.00503. The summed E-state index contributed by atoms with van der Waals surface area (Å²) >= 11 is 0. The molecule has 1 aromatic rings. The van der Waals surface area contributed by atoms with Crippen LogP contribution in [0.3, 0.4) is 0 Å². The van der Waals surface area contributed by atoms with Crippen LogP contribution in [0.5, 0.6) is 0 Å². The van der Waals surface area contributed by atoms with Crippen molar-refractivity contribution in [1.82, 2.24) is 19.9 Å². The van der Waals surface area contributed by atoms with Crippen LogP contribution in [0.4, 0.5) is 0 Å². The van der Waals surface area contributed by atoms with E-state index in [0.717, 1.165) is 24.8 Å². The number of hydrogen-bond acceptors (Lipinski definition) is 5. The van der Waals surface area contributed by atoms with Crippen molar-refractivity contribution in [3.05, 3.63) is 17.0 Å². The number of aryl methyl sites for hydroxylation is 1. The maximum Gasteiger partial charge on any atom is 0.140 e. The van der Waals surface area contributed by atoms with E-state index in [-0.39, 0.29) is 0 Å². The van der Waals surface area contributed by atoms with Gasteiger partial charge >= 0.3 is 0 Å². The second-order valence-electron chi connectivity index (χ2n) is 7.40. The number of aromatic nitrogens is 1. The van der Waals surface area contributed by atoms with Gasteiger partial charge in [-0.25, -0.2) is 0 Å². The van der Waals surface area contributed by atoms with Gasteiger partial charge in [-0.2, -0.15) is 0 Å². The van der Waals surface area contributed by atoms with Crippen LogP contribution in [-0.2, 0) is 19.4 Å². The van der Waals surface area contributed by atoms with Gasteiger partial charge in [0, 0.05) is 69.9 Å². The summed E-state index contributed by atoms with van der Waals surface area (Å²) in [6, 6.07) is 1.45. The average molecular weight is 304 g/mol. The molecule has 0 unspecified atom stereocenters. The molecule has 22 heavy (non-hydrogen) atoms. The molecule has 2 fully saturated rings. The molecule has 0 amide bonds. The zero-order valence-electron chi connectivity index (χ0n) is 13.9. The highest BCUT2D eigenvalue weighted by molar-refractivity contribution is 5.27. The van der Waals surface area contributed by atoms with Crippen LogP contribution in [0.15, 0.2) is 4.52 Å². The molecule has 0 spiro atoms. The summed E-state index contributed by atoms with van der Waals surface area (Å²) in [4.78, 5) is 7.80. The highest BCUT2D eigenvalue weighted by atomic mass is 16.5. The standard InChI is InChI=1S/C17H28N4O/c1-13(2)20-6-8-21(9-7-20)14-10-19(11-14)12-16-15-4-3-5-17(15)22-18-16/h13-14H,3-12H2,1-2H3. The maximum absolute atomic E-state index is 5.46. The van der Waals surface area contributed by atoms with Crippen LogP contribution in [0.25, 0.3) is 0 Å². The van der Waals surface area contributed by atoms with Crippen LogP contribution < -0.4 is 0 Å². The predicted molar refractivity (Wildman–Crippen MR) is 85.9 cm³/mol. The van der Waals surface area contributed by atoms with E-state index in [2.05, 4.69) is 33.7 Å². The van der Waals surface area contributed by atoms with Crippen molar-refractivity contribution in [2.75, 3.05) is 39.3 Å². The lowest BCUT2D eigenvalue weighted by atomic mass is 10.0. The topological polar surface area (TPSA) is 35.8 Å². The normalized spacial score (nSPS) is 24.9. The first kappa shape index (κ1) is 14.7. The SMILES string of the molecule is CC(C)N1CCN(C2CN(Cc3noc4c3CCC4)C2)CC1. The number of likely N-dealkylation sites (tertiary alicyclic amines) is 1.